The van der Waals surface area contributed by atoms with Gasteiger partial charge in [0, 0.05) is 17.3 Å². The fourth-order valence-electron chi connectivity index (χ4n) is 4.68. The van der Waals surface area contributed by atoms with E-state index in [1.54, 1.807) is 24.3 Å². The predicted octanol–water partition coefficient (Wildman–Crippen LogP) is 6.32. The lowest BCUT2D eigenvalue weighted by Crippen LogP contribution is -2.07. The quantitative estimate of drug-likeness (QED) is 0.176. The highest BCUT2D eigenvalue weighted by atomic mass is 16.5. The molecule has 2 heterocycles. The summed E-state index contributed by atoms with van der Waals surface area (Å²) in [4.78, 5) is 25.8. The van der Waals surface area contributed by atoms with Gasteiger partial charge in [0.15, 0.2) is 11.5 Å². The van der Waals surface area contributed by atoms with Crippen LogP contribution in [0.3, 0.4) is 0 Å². The molecule has 0 saturated heterocycles. The Morgan fingerprint density at radius 2 is 1.31 bits per heavy atom. The topological polar surface area (TPSA) is 75.5 Å². The largest absolute Gasteiger partial charge is 0.493 e. The molecule has 0 N–H and O–H groups in total. The van der Waals surface area contributed by atoms with Gasteiger partial charge in [-0.2, -0.15) is 0 Å². The van der Waals surface area contributed by atoms with Gasteiger partial charge in [-0.25, -0.2) is 4.79 Å². The van der Waals surface area contributed by atoms with Crippen molar-refractivity contribution in [2.24, 2.45) is 0 Å². The summed E-state index contributed by atoms with van der Waals surface area (Å²) in [5, 5.41) is 0. The van der Waals surface area contributed by atoms with Crippen molar-refractivity contribution in [2.75, 3.05) is 28.4 Å². The van der Waals surface area contributed by atoms with E-state index in [0.717, 1.165) is 27.8 Å². The third kappa shape index (κ3) is 4.70. The number of nitrogens with zero attached hydrogens (tertiary/aromatic N) is 1. The van der Waals surface area contributed by atoms with Crippen LogP contribution in [0.25, 0.3) is 27.8 Å². The first-order chi connectivity index (χ1) is 19.0. The van der Waals surface area contributed by atoms with Crippen LogP contribution in [0.15, 0.2) is 91.1 Å². The monoisotopic (exact) mass is 521 g/mol. The normalized spacial score (nSPS) is 10.8. The van der Waals surface area contributed by atoms with Gasteiger partial charge in [0.2, 0.25) is 11.5 Å². The second kappa shape index (κ2) is 10.8. The Bertz CT molecular complexity index is 1640. The summed E-state index contributed by atoms with van der Waals surface area (Å²) in [6.45, 7) is 0. The van der Waals surface area contributed by atoms with E-state index in [-0.39, 0.29) is 5.78 Å². The fourth-order valence-corrected chi connectivity index (χ4v) is 4.68. The first-order valence-corrected chi connectivity index (χ1v) is 12.2. The van der Waals surface area contributed by atoms with Gasteiger partial charge in [0.05, 0.1) is 45.2 Å². The van der Waals surface area contributed by atoms with E-state index >= 15 is 0 Å². The SMILES string of the molecule is COC(=O)c1ccc(-c2cc(-c3ccccc3)cn3c(C(=O)c4cc(OC)c(OC)c(OC)c4)ccc23)cc1. The molecule has 0 amide bonds. The molecule has 0 atom stereocenters. The van der Waals surface area contributed by atoms with Crippen molar-refractivity contribution < 1.29 is 28.5 Å². The fraction of sp³-hybridized carbons (Fsp3) is 0.125. The number of hydrogen-bond donors (Lipinski definition) is 0. The summed E-state index contributed by atoms with van der Waals surface area (Å²) >= 11 is 0. The van der Waals surface area contributed by atoms with Crippen molar-refractivity contribution in [3.63, 3.8) is 0 Å². The minimum Gasteiger partial charge on any atom is -0.493 e. The van der Waals surface area contributed by atoms with Gasteiger partial charge in [-0.3, -0.25) is 4.79 Å². The third-order valence-corrected chi connectivity index (χ3v) is 6.65. The van der Waals surface area contributed by atoms with Gasteiger partial charge in [-0.05, 0) is 59.2 Å². The highest BCUT2D eigenvalue weighted by Gasteiger charge is 2.21. The summed E-state index contributed by atoms with van der Waals surface area (Å²) < 4.78 is 23.1. The number of fused-ring (bicyclic) bond motifs is 1. The lowest BCUT2D eigenvalue weighted by atomic mass is 9.99. The maximum atomic E-state index is 13.9. The van der Waals surface area contributed by atoms with E-state index in [1.165, 1.54) is 28.4 Å². The highest BCUT2D eigenvalue weighted by molar-refractivity contribution is 6.10. The number of rotatable bonds is 8. The number of ketones is 1. The van der Waals surface area contributed by atoms with Gasteiger partial charge in [-0.1, -0.05) is 42.5 Å². The Labute approximate surface area is 226 Å². The van der Waals surface area contributed by atoms with Crippen molar-refractivity contribution in [2.45, 2.75) is 0 Å². The van der Waals surface area contributed by atoms with Crippen molar-refractivity contribution in [3.8, 4) is 39.5 Å². The van der Waals surface area contributed by atoms with E-state index in [0.29, 0.717) is 34.1 Å². The number of hydrogen-bond acceptors (Lipinski definition) is 6. The summed E-state index contributed by atoms with van der Waals surface area (Å²) in [5.41, 5.74) is 5.94. The van der Waals surface area contributed by atoms with Crippen LogP contribution in [-0.2, 0) is 4.74 Å². The van der Waals surface area contributed by atoms with Crippen LogP contribution in [0.5, 0.6) is 17.2 Å². The second-order valence-electron chi connectivity index (χ2n) is 8.79. The van der Waals surface area contributed by atoms with Crippen molar-refractivity contribution in [3.05, 3.63) is 108 Å². The third-order valence-electron chi connectivity index (χ3n) is 6.65. The molecule has 3 aromatic carbocycles. The zero-order chi connectivity index (χ0) is 27.5. The number of aromatic nitrogens is 1. The maximum Gasteiger partial charge on any atom is 0.337 e. The summed E-state index contributed by atoms with van der Waals surface area (Å²) in [6.07, 6.45) is 1.96. The molecule has 0 aliphatic carbocycles. The van der Waals surface area contributed by atoms with Crippen LogP contribution in [0.1, 0.15) is 26.4 Å². The molecule has 0 spiro atoms. The molecule has 0 fully saturated rings. The molecule has 2 aromatic heterocycles. The van der Waals surface area contributed by atoms with Crippen LogP contribution >= 0.6 is 0 Å². The Morgan fingerprint density at radius 3 is 1.90 bits per heavy atom. The van der Waals surface area contributed by atoms with Crippen LogP contribution in [0, 0.1) is 0 Å². The molecule has 196 valence electrons. The summed E-state index contributed by atoms with van der Waals surface area (Å²) in [6, 6.07) is 26.3. The van der Waals surface area contributed by atoms with Gasteiger partial charge in [-0.15, -0.1) is 0 Å². The molecule has 39 heavy (non-hydrogen) atoms. The standard InChI is InChI=1S/C32H27NO6/c1-36-28-17-23(18-29(37-2)31(28)38-3)30(34)27-15-14-26-25(21-10-12-22(13-11-21)32(35)39-4)16-24(19-33(26)27)20-8-6-5-7-9-20/h5-19H,1-4H3. The predicted molar refractivity (Wildman–Crippen MR) is 149 cm³/mol. The zero-order valence-corrected chi connectivity index (χ0v) is 22.1. The van der Waals surface area contributed by atoms with Crippen LogP contribution in [0.2, 0.25) is 0 Å². The minimum absolute atomic E-state index is 0.202. The van der Waals surface area contributed by atoms with Crippen LogP contribution in [0.4, 0.5) is 0 Å². The Morgan fingerprint density at radius 1 is 0.641 bits per heavy atom. The molecule has 0 radical (unpaired) electrons. The van der Waals surface area contributed by atoms with Crippen molar-refractivity contribution >= 4 is 17.3 Å². The number of methoxy groups -OCH3 is 4. The number of ether oxygens (including phenoxy) is 4. The van der Waals surface area contributed by atoms with Gasteiger partial charge in [0.25, 0.3) is 0 Å². The maximum absolute atomic E-state index is 13.9. The lowest BCUT2D eigenvalue weighted by Gasteiger charge is -2.14. The lowest BCUT2D eigenvalue weighted by molar-refractivity contribution is 0.0600. The smallest absolute Gasteiger partial charge is 0.337 e. The van der Waals surface area contributed by atoms with Crippen LogP contribution in [-0.4, -0.2) is 44.6 Å². The van der Waals surface area contributed by atoms with E-state index in [2.05, 4.69) is 6.07 Å². The van der Waals surface area contributed by atoms with E-state index in [4.69, 9.17) is 18.9 Å². The number of esters is 1. The minimum atomic E-state index is -0.398. The molecule has 0 bridgehead atoms. The van der Waals surface area contributed by atoms with Crippen molar-refractivity contribution in [1.82, 2.24) is 4.40 Å². The van der Waals surface area contributed by atoms with Gasteiger partial charge in [0.1, 0.15) is 0 Å². The van der Waals surface area contributed by atoms with Crippen LogP contribution < -0.4 is 14.2 Å². The van der Waals surface area contributed by atoms with Gasteiger partial charge < -0.3 is 23.3 Å². The first kappa shape index (κ1) is 25.6. The van der Waals surface area contributed by atoms with E-state index < -0.39 is 5.97 Å². The first-order valence-electron chi connectivity index (χ1n) is 12.2. The number of pyridine rings is 1. The molecule has 0 aliphatic heterocycles. The Kier molecular flexibility index (Phi) is 7.06. The van der Waals surface area contributed by atoms with E-state index in [9.17, 15) is 9.59 Å². The number of carbonyl (C=O) groups excluding carboxylic acids is 2. The molecular weight excluding hydrogens is 494 g/mol. The zero-order valence-electron chi connectivity index (χ0n) is 22.1. The second-order valence-corrected chi connectivity index (χ2v) is 8.79. The molecule has 0 aliphatic rings. The molecule has 5 rings (SSSR count). The molecule has 0 unspecified atom stereocenters. The Balaban J connectivity index is 1.69. The molecular formula is C32H27NO6. The van der Waals surface area contributed by atoms with E-state index in [1.807, 2.05) is 65.2 Å². The molecule has 7 heteroatoms. The number of carbonyl (C=O) groups is 2. The average Bonchev–Trinajstić information content (AvgIpc) is 3.43. The molecule has 5 aromatic rings. The van der Waals surface area contributed by atoms with Crippen molar-refractivity contribution in [1.29, 1.82) is 0 Å². The average molecular weight is 522 g/mol. The Hall–Kier alpha value is -5.04. The number of benzene rings is 3. The molecule has 7 nitrogen and oxygen atoms in total. The highest BCUT2D eigenvalue weighted by Crippen LogP contribution is 2.39. The summed E-state index contributed by atoms with van der Waals surface area (Å²) in [5.74, 6) is 0.618. The van der Waals surface area contributed by atoms with Gasteiger partial charge >= 0.3 is 5.97 Å². The summed E-state index contributed by atoms with van der Waals surface area (Å²) in [7, 11) is 5.91. The molecule has 0 saturated carbocycles.